The van der Waals surface area contributed by atoms with Gasteiger partial charge in [0.15, 0.2) is 0 Å². The van der Waals surface area contributed by atoms with Gasteiger partial charge in [-0.25, -0.2) is 9.97 Å². The number of hydrogen-bond acceptors (Lipinski definition) is 5. The Hall–Kier alpha value is -1.40. The number of hydrogen-bond donors (Lipinski definition) is 2. The van der Waals surface area contributed by atoms with Crippen LogP contribution in [0.5, 0.6) is 0 Å². The van der Waals surface area contributed by atoms with Crippen LogP contribution in [0.3, 0.4) is 0 Å². The average Bonchev–Trinajstić information content (AvgIpc) is 2.63. The number of nitrogens with two attached hydrogens (primary N) is 1. The number of aryl methyl sites for hydroxylation is 3. The summed E-state index contributed by atoms with van der Waals surface area (Å²) < 4.78 is 0. The molecule has 0 spiro atoms. The fourth-order valence-corrected chi connectivity index (χ4v) is 2.62. The Balaban J connectivity index is 2.37. The van der Waals surface area contributed by atoms with E-state index in [-0.39, 0.29) is 0 Å². The summed E-state index contributed by atoms with van der Waals surface area (Å²) in [5.41, 5.74) is 8.96. The Labute approximate surface area is 104 Å². The molecule has 0 saturated carbocycles. The van der Waals surface area contributed by atoms with Crippen molar-refractivity contribution in [2.75, 3.05) is 0 Å². The highest BCUT2D eigenvalue weighted by molar-refractivity contribution is 7.99. The lowest BCUT2D eigenvalue weighted by Crippen LogP contribution is -2.04. The maximum Gasteiger partial charge on any atom is 0.214 e. The molecule has 17 heavy (non-hydrogen) atoms. The molecule has 2 rings (SSSR count). The van der Waals surface area contributed by atoms with E-state index >= 15 is 0 Å². The van der Waals surface area contributed by atoms with Crippen LogP contribution >= 0.6 is 11.8 Å². The second kappa shape index (κ2) is 4.85. The van der Waals surface area contributed by atoms with Gasteiger partial charge in [0.05, 0.1) is 0 Å². The molecule has 0 aromatic carbocycles. The average molecular weight is 249 g/mol. The number of pyridine rings is 1. The topological polar surface area (TPSA) is 80.5 Å². The molecule has 3 N–H and O–H groups in total. The number of H-pyrrole nitrogens is 1. The number of aromatic amines is 1. The fourth-order valence-electron chi connectivity index (χ4n) is 1.62. The predicted octanol–water partition coefficient (Wildman–Crippen LogP) is 1.73. The monoisotopic (exact) mass is 249 g/mol. The van der Waals surface area contributed by atoms with Gasteiger partial charge in [-0.15, -0.1) is 5.10 Å². The maximum absolute atomic E-state index is 5.76. The first-order valence-corrected chi connectivity index (χ1v) is 6.16. The molecule has 0 aliphatic carbocycles. The Morgan fingerprint density at radius 2 is 2.06 bits per heavy atom. The predicted molar refractivity (Wildman–Crippen MR) is 66.8 cm³/mol. The van der Waals surface area contributed by atoms with Gasteiger partial charge in [-0.1, -0.05) is 0 Å². The lowest BCUT2D eigenvalue weighted by Gasteiger charge is -2.09. The van der Waals surface area contributed by atoms with Gasteiger partial charge in [0.1, 0.15) is 10.9 Å². The largest absolute Gasteiger partial charge is 0.326 e. The summed E-state index contributed by atoms with van der Waals surface area (Å²) in [6.45, 7) is 6.37. The molecular formula is C11H15N5S. The van der Waals surface area contributed by atoms with E-state index in [9.17, 15) is 0 Å². The minimum atomic E-state index is 0.477. The fraction of sp³-hybridized carbons (Fsp3) is 0.364. The lowest BCUT2D eigenvalue weighted by molar-refractivity contribution is 0.910. The van der Waals surface area contributed by atoms with Crippen molar-refractivity contribution in [2.24, 2.45) is 5.73 Å². The molecule has 0 unspecified atom stereocenters. The van der Waals surface area contributed by atoms with E-state index in [1.807, 2.05) is 26.8 Å². The summed E-state index contributed by atoms with van der Waals surface area (Å²) in [7, 11) is 0. The van der Waals surface area contributed by atoms with E-state index in [0.29, 0.717) is 11.7 Å². The third-order valence-electron chi connectivity index (χ3n) is 2.41. The summed E-state index contributed by atoms with van der Waals surface area (Å²) in [6.07, 6.45) is 0. The zero-order chi connectivity index (χ0) is 12.4. The Morgan fingerprint density at radius 3 is 2.65 bits per heavy atom. The molecule has 0 atom stereocenters. The van der Waals surface area contributed by atoms with Crippen molar-refractivity contribution in [3.8, 4) is 0 Å². The first kappa shape index (κ1) is 12.1. The SMILES string of the molecule is Cc1cc(C)c(CN)c(Sc2n[nH]c(C)n2)n1. The van der Waals surface area contributed by atoms with Crippen LogP contribution in [0.25, 0.3) is 0 Å². The molecule has 2 aromatic heterocycles. The van der Waals surface area contributed by atoms with Gasteiger partial charge in [-0.2, -0.15) is 0 Å². The molecule has 5 nitrogen and oxygen atoms in total. The highest BCUT2D eigenvalue weighted by Gasteiger charge is 2.11. The van der Waals surface area contributed by atoms with Gasteiger partial charge < -0.3 is 5.73 Å². The molecule has 2 heterocycles. The van der Waals surface area contributed by atoms with Gasteiger partial charge in [-0.05, 0) is 44.2 Å². The van der Waals surface area contributed by atoms with Gasteiger partial charge >= 0.3 is 0 Å². The van der Waals surface area contributed by atoms with E-state index in [1.54, 1.807) is 0 Å². The van der Waals surface area contributed by atoms with E-state index in [1.165, 1.54) is 11.8 Å². The second-order valence-corrected chi connectivity index (χ2v) is 4.83. The van der Waals surface area contributed by atoms with Gasteiger partial charge in [-0.3, -0.25) is 5.10 Å². The van der Waals surface area contributed by atoms with Crippen molar-refractivity contribution in [2.45, 2.75) is 37.5 Å². The van der Waals surface area contributed by atoms with E-state index in [2.05, 4.69) is 20.2 Å². The highest BCUT2D eigenvalue weighted by Crippen LogP contribution is 2.28. The Morgan fingerprint density at radius 1 is 1.29 bits per heavy atom. The normalized spacial score (nSPS) is 10.8. The lowest BCUT2D eigenvalue weighted by atomic mass is 10.1. The molecule has 0 aliphatic heterocycles. The molecule has 0 saturated heterocycles. The van der Waals surface area contributed by atoms with Crippen molar-refractivity contribution >= 4 is 11.8 Å². The van der Waals surface area contributed by atoms with Crippen LogP contribution in [0.2, 0.25) is 0 Å². The van der Waals surface area contributed by atoms with Crippen molar-refractivity contribution in [1.29, 1.82) is 0 Å². The molecule has 0 bridgehead atoms. The van der Waals surface area contributed by atoms with Crippen molar-refractivity contribution in [3.63, 3.8) is 0 Å². The summed E-state index contributed by atoms with van der Waals surface area (Å²) in [5, 5.41) is 8.47. The molecule has 0 amide bonds. The van der Waals surface area contributed by atoms with Crippen LogP contribution in [-0.2, 0) is 6.54 Å². The first-order chi connectivity index (χ1) is 8.10. The van der Waals surface area contributed by atoms with Gasteiger partial charge in [0, 0.05) is 17.8 Å². The molecule has 0 radical (unpaired) electrons. The molecule has 90 valence electrons. The summed E-state index contributed by atoms with van der Waals surface area (Å²) in [4.78, 5) is 8.75. The number of aromatic nitrogens is 4. The third kappa shape index (κ3) is 2.65. The van der Waals surface area contributed by atoms with Crippen LogP contribution < -0.4 is 5.73 Å². The van der Waals surface area contributed by atoms with Crippen molar-refractivity contribution in [3.05, 3.63) is 28.7 Å². The van der Waals surface area contributed by atoms with Crippen LogP contribution in [0, 0.1) is 20.8 Å². The molecule has 6 heteroatoms. The standard InChI is InChI=1S/C11H15N5S/c1-6-4-7(2)13-10(9(6)5-12)17-11-14-8(3)15-16-11/h4H,5,12H2,1-3H3,(H,14,15,16). The quantitative estimate of drug-likeness (QED) is 0.866. The molecule has 0 fully saturated rings. The van der Waals surface area contributed by atoms with Gasteiger partial charge in [0.2, 0.25) is 5.16 Å². The van der Waals surface area contributed by atoms with Crippen molar-refractivity contribution in [1.82, 2.24) is 20.2 Å². The summed E-state index contributed by atoms with van der Waals surface area (Å²) in [5.74, 6) is 0.797. The van der Waals surface area contributed by atoms with E-state index in [4.69, 9.17) is 5.73 Å². The van der Waals surface area contributed by atoms with Crippen molar-refractivity contribution < 1.29 is 0 Å². The minimum Gasteiger partial charge on any atom is -0.326 e. The minimum absolute atomic E-state index is 0.477. The number of nitrogens with zero attached hydrogens (tertiary/aromatic N) is 3. The summed E-state index contributed by atoms with van der Waals surface area (Å²) >= 11 is 1.44. The zero-order valence-corrected chi connectivity index (χ0v) is 10.9. The third-order valence-corrected chi connectivity index (χ3v) is 3.30. The zero-order valence-electron chi connectivity index (χ0n) is 10.1. The molecule has 0 aliphatic rings. The summed E-state index contributed by atoms with van der Waals surface area (Å²) in [6, 6.07) is 2.04. The van der Waals surface area contributed by atoms with E-state index < -0.39 is 0 Å². The number of rotatable bonds is 3. The molecular weight excluding hydrogens is 234 g/mol. The van der Waals surface area contributed by atoms with Crippen LogP contribution in [0.1, 0.15) is 22.6 Å². The second-order valence-electron chi connectivity index (χ2n) is 3.87. The van der Waals surface area contributed by atoms with E-state index in [0.717, 1.165) is 27.7 Å². The van der Waals surface area contributed by atoms with Gasteiger partial charge in [0.25, 0.3) is 0 Å². The first-order valence-electron chi connectivity index (χ1n) is 5.34. The Bertz CT molecular complexity index is 535. The highest BCUT2D eigenvalue weighted by atomic mass is 32.2. The smallest absolute Gasteiger partial charge is 0.214 e. The van der Waals surface area contributed by atoms with Crippen LogP contribution in [-0.4, -0.2) is 20.2 Å². The van der Waals surface area contributed by atoms with Crippen LogP contribution in [0.15, 0.2) is 16.2 Å². The Kier molecular flexibility index (Phi) is 3.44. The maximum atomic E-state index is 5.76. The molecule has 2 aromatic rings. The number of nitrogens with one attached hydrogen (secondary N) is 1. The van der Waals surface area contributed by atoms with Crippen LogP contribution in [0.4, 0.5) is 0 Å².